The van der Waals surface area contributed by atoms with E-state index in [4.69, 9.17) is 10.7 Å². The fourth-order valence-corrected chi connectivity index (χ4v) is 2.55. The number of aryl methyl sites for hydroxylation is 2. The van der Waals surface area contributed by atoms with Crippen LogP contribution in [0.4, 0.5) is 0 Å². The molecule has 0 radical (unpaired) electrons. The first-order chi connectivity index (χ1) is 8.90. The maximum Gasteiger partial charge on any atom is 0.280 e. The Hall–Kier alpha value is -1.34. The third-order valence-corrected chi connectivity index (χ3v) is 3.84. The van der Waals surface area contributed by atoms with E-state index in [1.165, 1.54) is 6.20 Å². The Morgan fingerprint density at radius 2 is 2.11 bits per heavy atom. The van der Waals surface area contributed by atoms with Crippen molar-refractivity contribution in [2.75, 3.05) is 0 Å². The van der Waals surface area contributed by atoms with Crippen LogP contribution >= 0.6 is 10.7 Å². The Balaban J connectivity index is 2.35. The Labute approximate surface area is 116 Å². The monoisotopic (exact) mass is 302 g/mol. The third-order valence-electron chi connectivity index (χ3n) is 2.67. The highest BCUT2D eigenvalue weighted by Crippen LogP contribution is 2.16. The van der Waals surface area contributed by atoms with Crippen LogP contribution in [-0.4, -0.2) is 27.7 Å². The minimum atomic E-state index is -3.79. The Morgan fingerprint density at radius 3 is 2.63 bits per heavy atom. The number of imidazole rings is 1. The Morgan fingerprint density at radius 1 is 1.37 bits per heavy atom. The van der Waals surface area contributed by atoms with Gasteiger partial charge in [-0.05, 0) is 6.42 Å². The Bertz CT molecular complexity index is 675. The summed E-state index contributed by atoms with van der Waals surface area (Å²) < 4.78 is 26.2. The smallest absolute Gasteiger partial charge is 0.280 e. The predicted octanol–water partition coefficient (Wildman–Crippen LogP) is 1.54. The molecule has 2 aromatic heterocycles. The minimum Gasteiger partial charge on any atom is -0.329 e. The van der Waals surface area contributed by atoms with Crippen molar-refractivity contribution >= 4 is 19.7 Å². The van der Waals surface area contributed by atoms with E-state index in [-0.39, 0.29) is 5.03 Å². The van der Waals surface area contributed by atoms with E-state index in [0.29, 0.717) is 18.8 Å². The van der Waals surface area contributed by atoms with Crippen molar-refractivity contribution in [1.82, 2.24) is 19.3 Å². The summed E-state index contributed by atoms with van der Waals surface area (Å²) in [5.74, 6) is 0.713. The molecule has 0 amide bonds. The maximum absolute atomic E-state index is 11.3. The molecular weight excluding hydrogens is 288 g/mol. The molecule has 104 valence electrons. The van der Waals surface area contributed by atoms with Crippen molar-refractivity contribution in [2.24, 2.45) is 7.05 Å². The van der Waals surface area contributed by atoms with Crippen LogP contribution in [0.2, 0.25) is 0 Å². The summed E-state index contributed by atoms with van der Waals surface area (Å²) in [6, 6.07) is 0. The van der Waals surface area contributed by atoms with Crippen molar-refractivity contribution in [2.45, 2.75) is 31.3 Å². The Kier molecular flexibility index (Phi) is 3.96. The first-order valence-corrected chi connectivity index (χ1v) is 8.19. The topological polar surface area (TPSA) is 69.8 Å². The van der Waals surface area contributed by atoms with Crippen molar-refractivity contribution in [3.05, 3.63) is 30.0 Å². The molecule has 0 bridgehead atoms. The van der Waals surface area contributed by atoms with Gasteiger partial charge in [0.1, 0.15) is 5.82 Å². The maximum atomic E-state index is 11.3. The van der Waals surface area contributed by atoms with Crippen LogP contribution < -0.4 is 0 Å². The van der Waals surface area contributed by atoms with Gasteiger partial charge in [-0.3, -0.25) is 4.68 Å². The summed E-state index contributed by atoms with van der Waals surface area (Å²) >= 11 is 0. The summed E-state index contributed by atoms with van der Waals surface area (Å²) in [6.45, 7) is 2.54. The van der Waals surface area contributed by atoms with Gasteiger partial charge in [0.05, 0.1) is 12.7 Å². The molecule has 0 atom stereocenters. The highest BCUT2D eigenvalue weighted by Gasteiger charge is 2.17. The zero-order chi connectivity index (χ0) is 14.0. The van der Waals surface area contributed by atoms with Gasteiger partial charge in [0.2, 0.25) is 0 Å². The second-order valence-corrected chi connectivity index (χ2v) is 6.85. The van der Waals surface area contributed by atoms with Crippen molar-refractivity contribution in [1.29, 1.82) is 0 Å². The fourth-order valence-electron chi connectivity index (χ4n) is 1.86. The molecule has 2 rings (SSSR count). The van der Waals surface area contributed by atoms with Gasteiger partial charge in [0, 0.05) is 42.1 Å². The van der Waals surface area contributed by atoms with Gasteiger partial charge in [-0.15, -0.1) is 0 Å². The normalized spacial score (nSPS) is 11.9. The van der Waals surface area contributed by atoms with E-state index in [0.717, 1.165) is 12.0 Å². The molecule has 0 saturated carbocycles. The summed E-state index contributed by atoms with van der Waals surface area (Å²) in [5.41, 5.74) is 0.982. The van der Waals surface area contributed by atoms with E-state index in [2.05, 4.69) is 10.1 Å². The molecule has 0 aliphatic carbocycles. The number of hydrogen-bond acceptors (Lipinski definition) is 4. The lowest BCUT2D eigenvalue weighted by Gasteiger charge is -2.04. The lowest BCUT2D eigenvalue weighted by molar-refractivity contribution is 0.606. The fraction of sp³-hybridized carbons (Fsp3) is 0.455. The van der Waals surface area contributed by atoms with Crippen LogP contribution in [0.25, 0.3) is 0 Å². The van der Waals surface area contributed by atoms with E-state index in [1.54, 1.807) is 15.4 Å². The number of nitrogens with zero attached hydrogens (tertiary/aromatic N) is 4. The molecule has 2 heterocycles. The highest BCUT2D eigenvalue weighted by atomic mass is 35.7. The summed E-state index contributed by atoms with van der Waals surface area (Å²) in [6.07, 6.45) is 6.67. The largest absolute Gasteiger partial charge is 0.329 e. The van der Waals surface area contributed by atoms with Gasteiger partial charge in [0.25, 0.3) is 9.05 Å². The molecule has 0 fully saturated rings. The van der Waals surface area contributed by atoms with E-state index in [1.807, 2.05) is 20.2 Å². The van der Waals surface area contributed by atoms with Gasteiger partial charge in [0.15, 0.2) is 5.03 Å². The van der Waals surface area contributed by atoms with Crippen molar-refractivity contribution in [3.63, 3.8) is 0 Å². The SMILES string of the molecule is CCCc1nc(S(=O)(=O)Cl)cn1Cc1cnn(C)c1. The lowest BCUT2D eigenvalue weighted by atomic mass is 10.3. The summed E-state index contributed by atoms with van der Waals surface area (Å²) in [7, 11) is 3.37. The average Bonchev–Trinajstić information content (AvgIpc) is 2.87. The van der Waals surface area contributed by atoms with E-state index < -0.39 is 9.05 Å². The molecule has 0 spiro atoms. The van der Waals surface area contributed by atoms with Crippen LogP contribution in [0, 0.1) is 0 Å². The molecule has 19 heavy (non-hydrogen) atoms. The number of halogens is 1. The molecule has 0 saturated heterocycles. The van der Waals surface area contributed by atoms with Gasteiger partial charge in [-0.2, -0.15) is 5.10 Å². The van der Waals surface area contributed by atoms with Crippen LogP contribution in [0.15, 0.2) is 23.6 Å². The summed E-state index contributed by atoms with van der Waals surface area (Å²) in [5, 5.41) is 3.99. The first-order valence-electron chi connectivity index (χ1n) is 5.88. The average molecular weight is 303 g/mol. The quantitative estimate of drug-likeness (QED) is 0.786. The lowest BCUT2D eigenvalue weighted by Crippen LogP contribution is -2.03. The zero-order valence-electron chi connectivity index (χ0n) is 10.7. The minimum absolute atomic E-state index is 0.0958. The van der Waals surface area contributed by atoms with Gasteiger partial charge >= 0.3 is 0 Å². The third kappa shape index (κ3) is 3.36. The molecule has 0 aliphatic rings. The van der Waals surface area contributed by atoms with Gasteiger partial charge in [-0.1, -0.05) is 6.92 Å². The van der Waals surface area contributed by atoms with E-state index in [9.17, 15) is 8.42 Å². The van der Waals surface area contributed by atoms with Crippen LogP contribution in [-0.2, 0) is 29.1 Å². The molecule has 8 heteroatoms. The molecule has 2 aromatic rings. The molecule has 0 aromatic carbocycles. The van der Waals surface area contributed by atoms with Crippen LogP contribution in [0.3, 0.4) is 0 Å². The molecule has 0 aliphatic heterocycles. The van der Waals surface area contributed by atoms with E-state index >= 15 is 0 Å². The molecular formula is C11H15ClN4O2S. The number of rotatable bonds is 5. The predicted molar refractivity (Wildman–Crippen MR) is 71.6 cm³/mol. The zero-order valence-corrected chi connectivity index (χ0v) is 12.3. The molecule has 0 N–H and O–H groups in total. The molecule has 6 nitrogen and oxygen atoms in total. The van der Waals surface area contributed by atoms with Crippen molar-refractivity contribution < 1.29 is 8.42 Å². The van der Waals surface area contributed by atoms with Crippen LogP contribution in [0.5, 0.6) is 0 Å². The van der Waals surface area contributed by atoms with Gasteiger partial charge < -0.3 is 4.57 Å². The molecule has 0 unspecified atom stereocenters. The number of aromatic nitrogens is 4. The van der Waals surface area contributed by atoms with Gasteiger partial charge in [-0.25, -0.2) is 13.4 Å². The highest BCUT2D eigenvalue weighted by molar-refractivity contribution is 8.13. The first kappa shape index (κ1) is 14.1. The van der Waals surface area contributed by atoms with Crippen LogP contribution in [0.1, 0.15) is 24.7 Å². The standard InChI is InChI=1S/C11H15ClN4O2S/c1-3-4-10-14-11(19(12,17)18)8-16(10)7-9-5-13-15(2)6-9/h5-6,8H,3-4,7H2,1-2H3. The number of hydrogen-bond donors (Lipinski definition) is 0. The second-order valence-electron chi connectivity index (χ2n) is 4.33. The summed E-state index contributed by atoms with van der Waals surface area (Å²) in [4.78, 5) is 4.09. The van der Waals surface area contributed by atoms with Crippen molar-refractivity contribution in [3.8, 4) is 0 Å². The second kappa shape index (κ2) is 5.34.